The van der Waals surface area contributed by atoms with Gasteiger partial charge in [0, 0.05) is 6.54 Å². The first kappa shape index (κ1) is 18.1. The average molecular weight is 362 g/mol. The summed E-state index contributed by atoms with van der Waals surface area (Å²) in [5, 5.41) is 2.16. The molecule has 2 aromatic carbocycles. The van der Waals surface area contributed by atoms with Gasteiger partial charge in [0.15, 0.2) is 0 Å². The largest absolute Gasteiger partial charge is 0.489 e. The Morgan fingerprint density at radius 3 is 2.56 bits per heavy atom. The SMILES string of the molecule is C=CCN1C(=O)NC(=O)C(=Cc2cccc(OCc3ccccc3)c2)C1=O. The van der Waals surface area contributed by atoms with E-state index >= 15 is 0 Å². The van der Waals surface area contributed by atoms with Crippen LogP contribution in [0.4, 0.5) is 4.79 Å². The van der Waals surface area contributed by atoms with Gasteiger partial charge in [-0.15, -0.1) is 6.58 Å². The molecule has 3 rings (SSSR count). The predicted molar refractivity (Wildman–Crippen MR) is 101 cm³/mol. The van der Waals surface area contributed by atoms with Crippen LogP contribution >= 0.6 is 0 Å². The lowest BCUT2D eigenvalue weighted by Gasteiger charge is -2.25. The first-order valence-corrected chi connectivity index (χ1v) is 8.35. The molecule has 1 N–H and O–H groups in total. The Labute approximate surface area is 156 Å². The van der Waals surface area contributed by atoms with Gasteiger partial charge in [-0.2, -0.15) is 0 Å². The van der Waals surface area contributed by atoms with Crippen LogP contribution in [0.1, 0.15) is 11.1 Å². The highest BCUT2D eigenvalue weighted by atomic mass is 16.5. The van der Waals surface area contributed by atoms with Gasteiger partial charge < -0.3 is 4.74 Å². The molecular formula is C21H18N2O4. The van der Waals surface area contributed by atoms with E-state index in [2.05, 4.69) is 11.9 Å². The number of ether oxygens (including phenoxy) is 1. The van der Waals surface area contributed by atoms with Crippen LogP contribution in [0.15, 0.2) is 72.8 Å². The van der Waals surface area contributed by atoms with Crippen LogP contribution in [0.3, 0.4) is 0 Å². The van der Waals surface area contributed by atoms with E-state index in [1.54, 1.807) is 24.3 Å². The first-order chi connectivity index (χ1) is 13.1. The fourth-order valence-corrected chi connectivity index (χ4v) is 2.59. The Bertz CT molecular complexity index is 919. The molecule has 0 radical (unpaired) electrons. The molecule has 1 aliphatic rings. The zero-order valence-electron chi connectivity index (χ0n) is 14.6. The van der Waals surface area contributed by atoms with Gasteiger partial charge in [0.1, 0.15) is 17.9 Å². The van der Waals surface area contributed by atoms with Gasteiger partial charge >= 0.3 is 6.03 Å². The molecule has 6 nitrogen and oxygen atoms in total. The molecule has 0 aromatic heterocycles. The number of urea groups is 1. The smallest absolute Gasteiger partial charge is 0.331 e. The topological polar surface area (TPSA) is 75.7 Å². The summed E-state index contributed by atoms with van der Waals surface area (Å²) in [5.41, 5.74) is 1.53. The molecule has 27 heavy (non-hydrogen) atoms. The van der Waals surface area contributed by atoms with Crippen molar-refractivity contribution in [3.05, 3.63) is 84.0 Å². The van der Waals surface area contributed by atoms with Crippen LogP contribution in [-0.2, 0) is 16.2 Å². The quantitative estimate of drug-likeness (QED) is 0.487. The highest BCUT2D eigenvalue weighted by Crippen LogP contribution is 2.19. The average Bonchev–Trinajstić information content (AvgIpc) is 2.68. The number of carbonyl (C=O) groups is 3. The van der Waals surface area contributed by atoms with Crippen molar-refractivity contribution in [3.8, 4) is 5.75 Å². The number of hydrogen-bond acceptors (Lipinski definition) is 4. The minimum Gasteiger partial charge on any atom is -0.489 e. The zero-order valence-corrected chi connectivity index (χ0v) is 14.6. The standard InChI is InChI=1S/C21H18N2O4/c1-2-11-23-20(25)18(19(24)22-21(23)26)13-16-9-6-10-17(12-16)27-14-15-7-4-3-5-8-15/h2-10,12-13H,1,11,14H2,(H,22,24,26). The lowest BCUT2D eigenvalue weighted by Crippen LogP contribution is -2.54. The molecule has 0 unspecified atom stereocenters. The number of benzene rings is 2. The van der Waals surface area contributed by atoms with Crippen molar-refractivity contribution in [1.29, 1.82) is 0 Å². The van der Waals surface area contributed by atoms with Gasteiger partial charge in [0.25, 0.3) is 11.8 Å². The molecule has 0 aliphatic carbocycles. The maximum Gasteiger partial charge on any atom is 0.331 e. The van der Waals surface area contributed by atoms with Crippen LogP contribution < -0.4 is 10.1 Å². The van der Waals surface area contributed by atoms with E-state index in [9.17, 15) is 14.4 Å². The minimum atomic E-state index is -0.748. The fourth-order valence-electron chi connectivity index (χ4n) is 2.59. The van der Waals surface area contributed by atoms with Crippen LogP contribution in [0.5, 0.6) is 5.75 Å². The number of rotatable bonds is 6. The Kier molecular flexibility index (Phi) is 5.47. The summed E-state index contributed by atoms with van der Waals surface area (Å²) in [6, 6.07) is 16.0. The third-order valence-electron chi connectivity index (χ3n) is 3.91. The summed E-state index contributed by atoms with van der Waals surface area (Å²) in [4.78, 5) is 37.2. The molecule has 0 bridgehead atoms. The normalized spacial score (nSPS) is 15.6. The molecule has 136 valence electrons. The van der Waals surface area contributed by atoms with Gasteiger partial charge in [0.2, 0.25) is 0 Å². The number of barbiturate groups is 1. The van der Waals surface area contributed by atoms with Crippen LogP contribution in [-0.4, -0.2) is 29.3 Å². The van der Waals surface area contributed by atoms with Gasteiger partial charge in [-0.3, -0.25) is 19.8 Å². The number of hydrogen-bond donors (Lipinski definition) is 1. The number of carbonyl (C=O) groups excluding carboxylic acids is 3. The number of nitrogens with one attached hydrogen (secondary N) is 1. The van der Waals surface area contributed by atoms with Crippen molar-refractivity contribution in [2.45, 2.75) is 6.61 Å². The van der Waals surface area contributed by atoms with E-state index in [0.717, 1.165) is 10.5 Å². The molecule has 0 atom stereocenters. The van der Waals surface area contributed by atoms with E-state index in [0.29, 0.717) is 17.9 Å². The number of imide groups is 2. The van der Waals surface area contributed by atoms with Crippen LogP contribution in [0.25, 0.3) is 6.08 Å². The van der Waals surface area contributed by atoms with Gasteiger partial charge in [-0.25, -0.2) is 4.79 Å². The summed E-state index contributed by atoms with van der Waals surface area (Å²) in [6.07, 6.45) is 2.86. The van der Waals surface area contributed by atoms with Crippen molar-refractivity contribution < 1.29 is 19.1 Å². The molecule has 1 aliphatic heterocycles. The second-order valence-corrected chi connectivity index (χ2v) is 5.87. The lowest BCUT2D eigenvalue weighted by atomic mass is 10.1. The van der Waals surface area contributed by atoms with E-state index in [1.807, 2.05) is 30.3 Å². The maximum atomic E-state index is 12.4. The Hall–Kier alpha value is -3.67. The van der Waals surface area contributed by atoms with Gasteiger partial charge in [-0.1, -0.05) is 48.5 Å². The third kappa shape index (κ3) is 4.30. The molecule has 6 heteroatoms. The number of nitrogens with zero attached hydrogens (tertiary/aromatic N) is 1. The molecule has 1 fully saturated rings. The summed E-state index contributed by atoms with van der Waals surface area (Å²) in [6.45, 7) is 3.94. The van der Waals surface area contributed by atoms with Crippen LogP contribution in [0, 0.1) is 0 Å². The number of amides is 4. The summed E-state index contributed by atoms with van der Waals surface area (Å²) in [5.74, 6) is -0.768. The Morgan fingerprint density at radius 1 is 1.04 bits per heavy atom. The van der Waals surface area contributed by atoms with Crippen molar-refractivity contribution >= 4 is 23.9 Å². The molecule has 1 heterocycles. The first-order valence-electron chi connectivity index (χ1n) is 8.35. The molecule has 0 saturated carbocycles. The summed E-state index contributed by atoms with van der Waals surface area (Å²) < 4.78 is 5.76. The van der Waals surface area contributed by atoms with Crippen molar-refractivity contribution in [2.24, 2.45) is 0 Å². The van der Waals surface area contributed by atoms with Crippen LogP contribution in [0.2, 0.25) is 0 Å². The summed E-state index contributed by atoms with van der Waals surface area (Å²) >= 11 is 0. The van der Waals surface area contributed by atoms with E-state index in [1.165, 1.54) is 12.2 Å². The van der Waals surface area contributed by atoms with Gasteiger partial charge in [-0.05, 0) is 29.3 Å². The second kappa shape index (κ2) is 8.14. The molecule has 0 spiro atoms. The fraction of sp³-hybridized carbons (Fsp3) is 0.0952. The second-order valence-electron chi connectivity index (χ2n) is 5.87. The Balaban J connectivity index is 1.79. The van der Waals surface area contributed by atoms with E-state index in [-0.39, 0.29) is 12.1 Å². The molecule has 1 saturated heterocycles. The zero-order chi connectivity index (χ0) is 19.2. The summed E-state index contributed by atoms with van der Waals surface area (Å²) in [7, 11) is 0. The van der Waals surface area contributed by atoms with Gasteiger partial charge in [0.05, 0.1) is 0 Å². The molecule has 2 aromatic rings. The van der Waals surface area contributed by atoms with Crippen molar-refractivity contribution in [1.82, 2.24) is 10.2 Å². The molecular weight excluding hydrogens is 344 g/mol. The van der Waals surface area contributed by atoms with Crippen molar-refractivity contribution in [3.63, 3.8) is 0 Å². The highest BCUT2D eigenvalue weighted by molar-refractivity contribution is 6.31. The molecule has 4 amide bonds. The lowest BCUT2D eigenvalue weighted by molar-refractivity contribution is -0.129. The maximum absolute atomic E-state index is 12.4. The highest BCUT2D eigenvalue weighted by Gasteiger charge is 2.34. The van der Waals surface area contributed by atoms with E-state index < -0.39 is 17.8 Å². The third-order valence-corrected chi connectivity index (χ3v) is 3.91. The predicted octanol–water partition coefficient (Wildman–Crippen LogP) is 2.91. The minimum absolute atomic E-state index is 0.0233. The van der Waals surface area contributed by atoms with Crippen molar-refractivity contribution in [2.75, 3.05) is 6.54 Å². The van der Waals surface area contributed by atoms with E-state index in [4.69, 9.17) is 4.74 Å². The Morgan fingerprint density at radius 2 is 1.81 bits per heavy atom. The monoisotopic (exact) mass is 362 g/mol.